The van der Waals surface area contributed by atoms with Crippen LogP contribution in [0, 0.1) is 11.8 Å². The fourth-order valence-electron chi connectivity index (χ4n) is 3.02. The number of amides is 1. The normalized spacial score (nSPS) is 33.3. The fourth-order valence-corrected chi connectivity index (χ4v) is 3.02. The molecule has 1 amide bonds. The summed E-state index contributed by atoms with van der Waals surface area (Å²) in [4.78, 5) is 12.1. The molecule has 0 saturated heterocycles. The van der Waals surface area contributed by atoms with E-state index in [0.717, 1.165) is 25.7 Å². The zero-order valence-corrected chi connectivity index (χ0v) is 11.3. The summed E-state index contributed by atoms with van der Waals surface area (Å²) in [7, 11) is 0. The van der Waals surface area contributed by atoms with Gasteiger partial charge < -0.3 is 20.6 Å². The van der Waals surface area contributed by atoms with Crippen LogP contribution in [0.25, 0.3) is 0 Å². The van der Waals surface area contributed by atoms with Crippen molar-refractivity contribution in [2.45, 2.75) is 57.6 Å². The number of allylic oxidation sites excluding steroid dienone is 1. The number of nitrogens with one attached hydrogen (secondary N) is 1. The summed E-state index contributed by atoms with van der Waals surface area (Å²) >= 11 is 0. The van der Waals surface area contributed by atoms with Crippen LogP contribution < -0.4 is 5.32 Å². The lowest BCUT2D eigenvalue weighted by molar-refractivity contribution is -0.127. The van der Waals surface area contributed by atoms with Crippen molar-refractivity contribution in [3.05, 3.63) is 11.5 Å². The summed E-state index contributed by atoms with van der Waals surface area (Å²) in [6.07, 6.45) is 4.37. The monoisotopic (exact) mass is 269 g/mol. The van der Waals surface area contributed by atoms with Crippen LogP contribution in [0.5, 0.6) is 0 Å². The van der Waals surface area contributed by atoms with E-state index < -0.39 is 17.9 Å². The second-order valence-corrected chi connectivity index (χ2v) is 5.80. The van der Waals surface area contributed by atoms with Crippen LogP contribution in [0.2, 0.25) is 0 Å². The van der Waals surface area contributed by atoms with E-state index in [-0.39, 0.29) is 23.5 Å². The summed E-state index contributed by atoms with van der Waals surface area (Å²) < 4.78 is 0. The van der Waals surface area contributed by atoms with Crippen LogP contribution in [0.4, 0.5) is 0 Å². The maximum atomic E-state index is 12.1. The second-order valence-electron chi connectivity index (χ2n) is 5.80. The van der Waals surface area contributed by atoms with E-state index in [1.165, 1.54) is 6.42 Å². The fraction of sp³-hybridized carbons (Fsp3) is 0.786. The average molecular weight is 269 g/mol. The molecule has 0 aromatic rings. The topological polar surface area (TPSA) is 89.8 Å². The lowest BCUT2D eigenvalue weighted by Gasteiger charge is -2.33. The molecule has 0 aromatic heterocycles. The minimum Gasteiger partial charge on any atom is -0.508 e. The molecule has 2 aliphatic rings. The molecule has 19 heavy (non-hydrogen) atoms. The molecule has 0 aliphatic heterocycles. The molecule has 2 aliphatic carbocycles. The van der Waals surface area contributed by atoms with Crippen molar-refractivity contribution in [3.63, 3.8) is 0 Å². The van der Waals surface area contributed by atoms with E-state index in [9.17, 15) is 20.1 Å². The molecule has 1 fully saturated rings. The third-order valence-corrected chi connectivity index (χ3v) is 4.30. The molecule has 108 valence electrons. The van der Waals surface area contributed by atoms with Gasteiger partial charge in [0, 0.05) is 11.8 Å². The molecular formula is C14H23NO4. The Kier molecular flexibility index (Phi) is 4.34. The van der Waals surface area contributed by atoms with Gasteiger partial charge in [-0.1, -0.05) is 26.2 Å². The first-order chi connectivity index (χ1) is 9.00. The molecule has 0 aromatic carbocycles. The van der Waals surface area contributed by atoms with Crippen molar-refractivity contribution in [2.24, 2.45) is 11.8 Å². The van der Waals surface area contributed by atoms with Gasteiger partial charge in [-0.15, -0.1) is 0 Å². The van der Waals surface area contributed by atoms with Crippen molar-refractivity contribution in [2.75, 3.05) is 0 Å². The van der Waals surface area contributed by atoms with Crippen LogP contribution in [0.15, 0.2) is 11.5 Å². The maximum absolute atomic E-state index is 12.1. The van der Waals surface area contributed by atoms with Gasteiger partial charge in [-0.05, 0) is 19.3 Å². The first-order valence-electron chi connectivity index (χ1n) is 7.11. The second kappa shape index (κ2) is 5.82. The summed E-state index contributed by atoms with van der Waals surface area (Å²) in [5.41, 5.74) is 0. The molecule has 2 unspecified atom stereocenters. The van der Waals surface area contributed by atoms with E-state index in [1.807, 2.05) is 0 Å². The maximum Gasteiger partial charge on any atom is 0.223 e. The highest BCUT2D eigenvalue weighted by molar-refractivity contribution is 5.79. The predicted molar refractivity (Wildman–Crippen MR) is 70.6 cm³/mol. The molecule has 5 nitrogen and oxygen atoms in total. The van der Waals surface area contributed by atoms with Gasteiger partial charge in [0.2, 0.25) is 5.91 Å². The Hall–Kier alpha value is -1.23. The average Bonchev–Trinajstić information content (AvgIpc) is 2.43. The molecule has 0 heterocycles. The summed E-state index contributed by atoms with van der Waals surface area (Å²) in [6, 6.07) is -0.514. The van der Waals surface area contributed by atoms with E-state index in [0.29, 0.717) is 6.42 Å². The van der Waals surface area contributed by atoms with Crippen molar-refractivity contribution < 1.29 is 20.1 Å². The minimum atomic E-state index is -1.20. The van der Waals surface area contributed by atoms with Crippen molar-refractivity contribution in [1.82, 2.24) is 5.32 Å². The lowest BCUT2D eigenvalue weighted by Crippen LogP contribution is -2.49. The van der Waals surface area contributed by atoms with Crippen molar-refractivity contribution in [1.29, 1.82) is 0 Å². The predicted octanol–water partition coefficient (Wildman–Crippen LogP) is 1.78. The molecule has 3 atom stereocenters. The lowest BCUT2D eigenvalue weighted by atomic mass is 9.85. The number of aliphatic hydroxyl groups excluding tert-OH is 3. The van der Waals surface area contributed by atoms with E-state index in [4.69, 9.17) is 0 Å². The number of hydrogen-bond acceptors (Lipinski definition) is 4. The van der Waals surface area contributed by atoms with Crippen LogP contribution in [-0.4, -0.2) is 33.4 Å². The highest BCUT2D eigenvalue weighted by Crippen LogP contribution is 2.29. The van der Waals surface area contributed by atoms with Crippen molar-refractivity contribution >= 4 is 5.91 Å². The van der Waals surface area contributed by atoms with Gasteiger partial charge >= 0.3 is 0 Å². The van der Waals surface area contributed by atoms with Gasteiger partial charge in [0.1, 0.15) is 11.9 Å². The highest BCUT2D eigenvalue weighted by atomic mass is 16.3. The van der Waals surface area contributed by atoms with E-state index >= 15 is 0 Å². The minimum absolute atomic E-state index is 0.0258. The SMILES string of the molecule is CC1C[C@H](NC(=O)C2CCCCC2)C(O)C(O)=C1O. The smallest absolute Gasteiger partial charge is 0.223 e. The van der Waals surface area contributed by atoms with Crippen LogP contribution in [-0.2, 0) is 4.79 Å². The number of carbonyl (C=O) groups is 1. The van der Waals surface area contributed by atoms with Gasteiger partial charge in [0.25, 0.3) is 0 Å². The Balaban J connectivity index is 1.97. The first kappa shape index (κ1) is 14.2. The number of carbonyl (C=O) groups excluding carboxylic acids is 1. The Morgan fingerprint density at radius 1 is 1.16 bits per heavy atom. The molecule has 0 radical (unpaired) electrons. The highest BCUT2D eigenvalue weighted by Gasteiger charge is 2.36. The molecule has 0 bridgehead atoms. The first-order valence-corrected chi connectivity index (χ1v) is 7.11. The van der Waals surface area contributed by atoms with Crippen LogP contribution in [0.3, 0.4) is 0 Å². The van der Waals surface area contributed by atoms with Crippen LogP contribution >= 0.6 is 0 Å². The summed E-state index contributed by atoms with van der Waals surface area (Å²) in [5.74, 6) is -0.841. The van der Waals surface area contributed by atoms with Gasteiger partial charge in [-0.25, -0.2) is 0 Å². The van der Waals surface area contributed by atoms with Gasteiger partial charge in [-0.2, -0.15) is 0 Å². The van der Waals surface area contributed by atoms with Crippen LogP contribution in [0.1, 0.15) is 45.4 Å². The van der Waals surface area contributed by atoms with Gasteiger partial charge in [0.15, 0.2) is 5.76 Å². The molecule has 4 N–H and O–H groups in total. The quantitative estimate of drug-likeness (QED) is 0.615. The van der Waals surface area contributed by atoms with E-state index in [1.54, 1.807) is 6.92 Å². The standard InChI is InChI=1S/C14H23NO4/c1-8-7-10(12(17)13(18)11(8)16)15-14(19)9-5-3-2-4-6-9/h8-10,12,16-18H,2-7H2,1H3,(H,15,19)/t8?,10-,12?/m0/s1. The Bertz CT molecular complexity index is 374. The third-order valence-electron chi connectivity index (χ3n) is 4.30. The third kappa shape index (κ3) is 3.03. The summed E-state index contributed by atoms with van der Waals surface area (Å²) in [6.45, 7) is 1.76. The molecule has 5 heteroatoms. The Morgan fingerprint density at radius 2 is 1.79 bits per heavy atom. The zero-order valence-electron chi connectivity index (χ0n) is 11.3. The molecular weight excluding hydrogens is 246 g/mol. The number of aliphatic hydroxyl groups is 3. The molecule has 2 rings (SSSR count). The van der Waals surface area contributed by atoms with E-state index in [2.05, 4.69) is 5.32 Å². The summed E-state index contributed by atoms with van der Waals surface area (Å²) in [5, 5.41) is 31.9. The molecule has 1 saturated carbocycles. The van der Waals surface area contributed by atoms with Crippen molar-refractivity contribution in [3.8, 4) is 0 Å². The largest absolute Gasteiger partial charge is 0.508 e. The van der Waals surface area contributed by atoms with Gasteiger partial charge in [-0.3, -0.25) is 4.79 Å². The number of hydrogen-bond donors (Lipinski definition) is 4. The zero-order chi connectivity index (χ0) is 14.0. The molecule has 0 spiro atoms. The van der Waals surface area contributed by atoms with Gasteiger partial charge in [0.05, 0.1) is 6.04 Å². The Morgan fingerprint density at radius 3 is 2.42 bits per heavy atom. The Labute approximate surface area is 113 Å². The number of rotatable bonds is 2.